The summed E-state index contributed by atoms with van der Waals surface area (Å²) >= 11 is 0. The Morgan fingerprint density at radius 1 is 0.468 bits per heavy atom. The molecule has 2 aliphatic heterocycles. The average molecular weight is 661 g/mol. The fourth-order valence-corrected chi connectivity index (χ4v) is 6.54. The van der Waals surface area contributed by atoms with Crippen LogP contribution in [-0.2, 0) is 19.1 Å². The molecule has 0 aromatic heterocycles. The predicted molar refractivity (Wildman–Crippen MR) is 192 cm³/mol. The van der Waals surface area contributed by atoms with Crippen LogP contribution in [0.3, 0.4) is 0 Å². The van der Waals surface area contributed by atoms with Gasteiger partial charge in [0.05, 0.1) is 0 Å². The van der Waals surface area contributed by atoms with Crippen molar-refractivity contribution in [1.29, 1.82) is 0 Å². The van der Waals surface area contributed by atoms with Crippen LogP contribution in [0.5, 0.6) is 0 Å². The van der Waals surface area contributed by atoms with Gasteiger partial charge in [0.1, 0.15) is 12.7 Å². The van der Waals surface area contributed by atoms with Crippen molar-refractivity contribution in [2.45, 2.75) is 231 Å². The molecule has 0 radical (unpaired) electrons. The maximum atomic E-state index is 12.3. The molecule has 8 nitrogen and oxygen atoms in total. The highest BCUT2D eigenvalue weighted by molar-refractivity contribution is 5.70. The minimum absolute atomic E-state index is 0.109. The molecule has 0 spiro atoms. The van der Waals surface area contributed by atoms with Crippen molar-refractivity contribution in [3.63, 3.8) is 0 Å². The highest BCUT2D eigenvalue weighted by Crippen LogP contribution is 2.39. The van der Waals surface area contributed by atoms with Crippen molar-refractivity contribution >= 4 is 11.9 Å². The lowest BCUT2D eigenvalue weighted by Gasteiger charge is -2.14. The molecule has 1 atom stereocenters. The van der Waals surface area contributed by atoms with Crippen molar-refractivity contribution in [1.82, 2.24) is 0 Å². The van der Waals surface area contributed by atoms with Crippen LogP contribution < -0.4 is 0 Å². The Hall–Kier alpha value is -1.86. The quantitative estimate of drug-likeness (QED) is 0.0498. The van der Waals surface area contributed by atoms with Crippen LogP contribution in [0.1, 0.15) is 213 Å². The van der Waals surface area contributed by atoms with Crippen molar-refractivity contribution in [2.24, 2.45) is 20.5 Å². The summed E-state index contributed by atoms with van der Waals surface area (Å²) in [7, 11) is 0. The molecule has 0 bridgehead atoms. The van der Waals surface area contributed by atoms with Crippen LogP contribution >= 0.6 is 0 Å². The van der Waals surface area contributed by atoms with E-state index >= 15 is 0 Å². The minimum atomic E-state index is -0.434. The van der Waals surface area contributed by atoms with Crippen molar-refractivity contribution in [2.75, 3.05) is 6.61 Å². The van der Waals surface area contributed by atoms with Crippen molar-refractivity contribution in [3.8, 4) is 0 Å². The van der Waals surface area contributed by atoms with Crippen LogP contribution in [0.25, 0.3) is 0 Å². The summed E-state index contributed by atoms with van der Waals surface area (Å²) in [6, 6.07) is 0. The number of esters is 2. The molecule has 0 saturated heterocycles. The number of ether oxygens (including phenoxy) is 2. The third-order valence-electron chi connectivity index (χ3n) is 9.85. The number of rotatable bonds is 35. The van der Waals surface area contributed by atoms with E-state index in [2.05, 4.69) is 34.3 Å². The predicted octanol–water partition coefficient (Wildman–Crippen LogP) is 12.5. The van der Waals surface area contributed by atoms with Gasteiger partial charge in [-0.3, -0.25) is 9.59 Å². The molecule has 0 aliphatic carbocycles. The summed E-state index contributed by atoms with van der Waals surface area (Å²) in [6.07, 6.45) is 34.4. The number of hydrogen-bond donors (Lipinski definition) is 0. The van der Waals surface area contributed by atoms with E-state index in [4.69, 9.17) is 9.47 Å². The van der Waals surface area contributed by atoms with E-state index < -0.39 is 6.10 Å². The molecule has 0 aromatic rings. The summed E-state index contributed by atoms with van der Waals surface area (Å²) in [5, 5.41) is 17.4. The van der Waals surface area contributed by atoms with Gasteiger partial charge in [-0.15, -0.1) is 0 Å². The summed E-state index contributed by atoms with van der Waals surface area (Å²) in [6.45, 7) is 6.42. The standard InChI is InChI=1S/C39H72N4O4/c1-4-6-8-10-12-14-16-18-20-24-30-38(40-41-38)32-26-22-28-36(44)46-34-35(3)47-37(45)29-23-27-33-39(42-43-39)31-25-21-19-17-15-13-11-9-7-5-2/h35H,4-34H2,1-3H3. The molecular weight excluding hydrogens is 588 g/mol. The topological polar surface area (TPSA) is 102 Å². The Kier molecular flexibility index (Phi) is 22.9. The molecule has 0 saturated carbocycles. The largest absolute Gasteiger partial charge is 0.462 e. The highest BCUT2D eigenvalue weighted by atomic mass is 16.6. The van der Waals surface area contributed by atoms with Gasteiger partial charge < -0.3 is 9.47 Å². The second-order valence-electron chi connectivity index (χ2n) is 14.6. The second-order valence-corrected chi connectivity index (χ2v) is 14.6. The smallest absolute Gasteiger partial charge is 0.306 e. The maximum Gasteiger partial charge on any atom is 0.306 e. The molecule has 272 valence electrons. The molecule has 47 heavy (non-hydrogen) atoms. The molecule has 1 unspecified atom stereocenters. The SMILES string of the molecule is CCCCCCCCCCCCC1(CCCCC(=O)OCC(C)OC(=O)CCCCC2(CCCCCCCCCCCC)N=N2)N=N1. The molecule has 0 fully saturated rings. The number of nitrogens with zero attached hydrogens (tertiary/aromatic N) is 4. The average Bonchev–Trinajstić information content (AvgIpc) is 4.00. The molecule has 2 rings (SSSR count). The first-order valence-corrected chi connectivity index (χ1v) is 20.2. The third kappa shape index (κ3) is 22.4. The zero-order chi connectivity index (χ0) is 33.9. The molecular formula is C39H72N4O4. The van der Waals surface area contributed by atoms with Crippen LogP contribution in [0, 0.1) is 0 Å². The molecule has 2 heterocycles. The number of unbranched alkanes of at least 4 members (excludes halogenated alkanes) is 20. The van der Waals surface area contributed by atoms with Gasteiger partial charge in [0.15, 0.2) is 11.3 Å². The van der Waals surface area contributed by atoms with Crippen molar-refractivity contribution < 1.29 is 19.1 Å². The summed E-state index contributed by atoms with van der Waals surface area (Å²) < 4.78 is 10.8. The van der Waals surface area contributed by atoms with Gasteiger partial charge in [-0.1, -0.05) is 129 Å². The molecule has 0 amide bonds. The van der Waals surface area contributed by atoms with Crippen LogP contribution in [0.15, 0.2) is 20.5 Å². The first kappa shape index (κ1) is 41.3. The normalized spacial score (nSPS) is 15.9. The zero-order valence-electron chi connectivity index (χ0n) is 30.9. The fourth-order valence-electron chi connectivity index (χ4n) is 6.54. The van der Waals surface area contributed by atoms with Gasteiger partial charge in [-0.05, 0) is 71.1 Å². The Bertz CT molecular complexity index is 865. The monoisotopic (exact) mass is 661 g/mol. The van der Waals surface area contributed by atoms with Crippen LogP contribution in [0.2, 0.25) is 0 Å². The van der Waals surface area contributed by atoms with E-state index in [1.807, 2.05) is 0 Å². The van der Waals surface area contributed by atoms with Crippen molar-refractivity contribution in [3.05, 3.63) is 0 Å². The van der Waals surface area contributed by atoms with Crippen LogP contribution in [0.4, 0.5) is 0 Å². The lowest BCUT2D eigenvalue weighted by atomic mass is 9.98. The zero-order valence-corrected chi connectivity index (χ0v) is 30.9. The Morgan fingerprint density at radius 2 is 0.787 bits per heavy atom. The fraction of sp³-hybridized carbons (Fsp3) is 0.949. The number of hydrogen-bond acceptors (Lipinski definition) is 8. The van der Waals surface area contributed by atoms with Gasteiger partial charge in [-0.25, -0.2) is 0 Å². The molecule has 0 aromatic carbocycles. The van der Waals surface area contributed by atoms with Gasteiger partial charge in [0.2, 0.25) is 0 Å². The minimum Gasteiger partial charge on any atom is -0.462 e. The summed E-state index contributed by atoms with van der Waals surface area (Å²) in [5.41, 5.74) is -0.330. The van der Waals surface area contributed by atoms with Gasteiger partial charge in [-0.2, -0.15) is 20.5 Å². The lowest BCUT2D eigenvalue weighted by molar-refractivity contribution is -0.158. The second kappa shape index (κ2) is 26.1. The Balaban J connectivity index is 1.37. The van der Waals surface area contributed by atoms with E-state index in [0.29, 0.717) is 12.8 Å². The van der Waals surface area contributed by atoms with Crippen LogP contribution in [-0.4, -0.2) is 36.0 Å². The first-order chi connectivity index (χ1) is 22.9. The Morgan fingerprint density at radius 3 is 1.15 bits per heavy atom. The maximum absolute atomic E-state index is 12.3. The van der Waals surface area contributed by atoms with E-state index in [1.54, 1.807) is 6.92 Å². The van der Waals surface area contributed by atoms with Gasteiger partial charge in [0.25, 0.3) is 0 Å². The Labute approximate surface area is 288 Å². The van der Waals surface area contributed by atoms with Gasteiger partial charge in [0, 0.05) is 12.8 Å². The first-order valence-electron chi connectivity index (χ1n) is 20.2. The van der Waals surface area contributed by atoms with E-state index in [0.717, 1.165) is 51.4 Å². The number of carbonyl (C=O) groups excluding carboxylic acids is 2. The van der Waals surface area contributed by atoms with Gasteiger partial charge >= 0.3 is 11.9 Å². The molecule has 2 aliphatic rings. The number of carbonyl (C=O) groups is 2. The van der Waals surface area contributed by atoms with E-state index in [-0.39, 0.29) is 29.9 Å². The third-order valence-corrected chi connectivity index (χ3v) is 9.85. The summed E-state index contributed by atoms with van der Waals surface area (Å²) in [4.78, 5) is 24.5. The molecule has 8 heteroatoms. The summed E-state index contributed by atoms with van der Waals surface area (Å²) in [5.74, 6) is -0.461. The van der Waals surface area contributed by atoms with E-state index in [9.17, 15) is 9.59 Å². The highest BCUT2D eigenvalue weighted by Gasteiger charge is 2.39. The lowest BCUT2D eigenvalue weighted by Crippen LogP contribution is -2.22. The van der Waals surface area contributed by atoms with E-state index in [1.165, 1.54) is 128 Å². The molecule has 0 N–H and O–H groups in total.